The van der Waals surface area contributed by atoms with Crippen molar-refractivity contribution in [2.45, 2.75) is 25.4 Å². The topological polar surface area (TPSA) is 22.0 Å². The SMILES string of the molecule is Cn1cc(-c2cccc(CC3CC3)c2)c(=O)c(-c2ccccc2C(F)(F)F)c1. The number of nitrogens with zero attached hydrogens (tertiary/aromatic N) is 1. The zero-order valence-electron chi connectivity index (χ0n) is 15.5. The normalized spacial score (nSPS) is 14.3. The van der Waals surface area contributed by atoms with E-state index >= 15 is 0 Å². The van der Waals surface area contributed by atoms with Crippen molar-refractivity contribution in [3.63, 3.8) is 0 Å². The van der Waals surface area contributed by atoms with Crippen molar-refractivity contribution in [3.05, 3.63) is 82.3 Å². The van der Waals surface area contributed by atoms with Gasteiger partial charge < -0.3 is 4.57 Å². The zero-order valence-corrected chi connectivity index (χ0v) is 15.5. The molecule has 0 N–H and O–H groups in total. The third kappa shape index (κ3) is 3.75. The minimum absolute atomic E-state index is 0.0560. The Hall–Kier alpha value is -2.82. The Balaban J connectivity index is 1.85. The first-order valence-electron chi connectivity index (χ1n) is 9.29. The molecule has 1 aliphatic rings. The second-order valence-corrected chi connectivity index (χ2v) is 7.47. The second-order valence-electron chi connectivity index (χ2n) is 7.47. The summed E-state index contributed by atoms with van der Waals surface area (Å²) >= 11 is 0. The van der Waals surface area contributed by atoms with Crippen LogP contribution in [0, 0.1) is 5.92 Å². The van der Waals surface area contributed by atoms with Crippen molar-refractivity contribution in [2.75, 3.05) is 0 Å². The van der Waals surface area contributed by atoms with E-state index in [4.69, 9.17) is 0 Å². The van der Waals surface area contributed by atoms with Crippen molar-refractivity contribution >= 4 is 0 Å². The van der Waals surface area contributed by atoms with Crippen LogP contribution >= 0.6 is 0 Å². The highest BCUT2D eigenvalue weighted by Crippen LogP contribution is 2.37. The van der Waals surface area contributed by atoms with Crippen LogP contribution in [-0.2, 0) is 19.6 Å². The lowest BCUT2D eigenvalue weighted by Gasteiger charge is -2.15. The van der Waals surface area contributed by atoms with Gasteiger partial charge in [0.2, 0.25) is 0 Å². The monoisotopic (exact) mass is 383 g/mol. The van der Waals surface area contributed by atoms with Gasteiger partial charge in [-0.3, -0.25) is 4.79 Å². The fraction of sp³-hybridized carbons (Fsp3) is 0.261. The maximum atomic E-state index is 13.5. The summed E-state index contributed by atoms with van der Waals surface area (Å²) in [6.45, 7) is 0. The summed E-state index contributed by atoms with van der Waals surface area (Å²) in [6.07, 6.45) is 2.06. The van der Waals surface area contributed by atoms with Crippen LogP contribution in [0.4, 0.5) is 13.2 Å². The van der Waals surface area contributed by atoms with Gasteiger partial charge in [0.05, 0.1) is 5.56 Å². The Morgan fingerprint density at radius 1 is 0.964 bits per heavy atom. The third-order valence-corrected chi connectivity index (χ3v) is 5.14. The van der Waals surface area contributed by atoms with Crippen LogP contribution in [0.1, 0.15) is 24.0 Å². The molecule has 144 valence electrons. The molecule has 1 heterocycles. The van der Waals surface area contributed by atoms with Gasteiger partial charge in [0.25, 0.3) is 0 Å². The largest absolute Gasteiger partial charge is 0.417 e. The Kier molecular flexibility index (Phi) is 4.61. The number of halogens is 3. The molecular weight excluding hydrogens is 363 g/mol. The number of aromatic nitrogens is 1. The quantitative estimate of drug-likeness (QED) is 0.567. The molecule has 0 radical (unpaired) electrons. The van der Waals surface area contributed by atoms with Gasteiger partial charge in [0, 0.05) is 30.6 Å². The van der Waals surface area contributed by atoms with Crippen LogP contribution in [0.5, 0.6) is 0 Å². The first kappa shape index (κ1) is 18.5. The minimum atomic E-state index is -4.53. The van der Waals surface area contributed by atoms with E-state index in [1.54, 1.807) is 17.8 Å². The average molecular weight is 383 g/mol. The molecule has 0 atom stereocenters. The highest BCUT2D eigenvalue weighted by Gasteiger charge is 2.34. The van der Waals surface area contributed by atoms with Crippen LogP contribution in [0.25, 0.3) is 22.3 Å². The summed E-state index contributed by atoms with van der Waals surface area (Å²) in [4.78, 5) is 13.2. The molecule has 1 aromatic heterocycles. The van der Waals surface area contributed by atoms with Gasteiger partial charge in [-0.2, -0.15) is 13.2 Å². The molecular formula is C23H20F3NO. The van der Waals surface area contributed by atoms with Crippen molar-refractivity contribution in [1.82, 2.24) is 4.57 Å². The van der Waals surface area contributed by atoms with E-state index in [-0.39, 0.29) is 11.1 Å². The number of benzene rings is 2. The summed E-state index contributed by atoms with van der Waals surface area (Å²) in [7, 11) is 1.72. The minimum Gasteiger partial charge on any atom is -0.356 e. The van der Waals surface area contributed by atoms with Gasteiger partial charge in [-0.25, -0.2) is 0 Å². The molecule has 2 nitrogen and oxygen atoms in total. The Morgan fingerprint density at radius 3 is 2.39 bits per heavy atom. The molecule has 0 amide bonds. The van der Waals surface area contributed by atoms with E-state index in [2.05, 4.69) is 0 Å². The number of pyridine rings is 1. The van der Waals surface area contributed by atoms with Crippen LogP contribution in [-0.4, -0.2) is 4.57 Å². The summed E-state index contributed by atoms with van der Waals surface area (Å²) in [5, 5.41) is 0. The maximum Gasteiger partial charge on any atom is 0.417 e. The van der Waals surface area contributed by atoms with Crippen molar-refractivity contribution in [1.29, 1.82) is 0 Å². The third-order valence-electron chi connectivity index (χ3n) is 5.14. The van der Waals surface area contributed by atoms with Crippen LogP contribution in [0.3, 0.4) is 0 Å². The zero-order chi connectivity index (χ0) is 19.9. The van der Waals surface area contributed by atoms with Gasteiger partial charge in [0.15, 0.2) is 5.43 Å². The Bertz CT molecular complexity index is 1080. The molecule has 0 bridgehead atoms. The van der Waals surface area contributed by atoms with E-state index < -0.39 is 17.2 Å². The fourth-order valence-electron chi connectivity index (χ4n) is 3.59. The fourth-order valence-corrected chi connectivity index (χ4v) is 3.59. The van der Waals surface area contributed by atoms with E-state index in [1.807, 2.05) is 24.3 Å². The summed E-state index contributed by atoms with van der Waals surface area (Å²) < 4.78 is 42.0. The smallest absolute Gasteiger partial charge is 0.356 e. The van der Waals surface area contributed by atoms with E-state index in [0.29, 0.717) is 11.5 Å². The molecule has 3 aromatic rings. The Morgan fingerprint density at radius 2 is 1.68 bits per heavy atom. The first-order chi connectivity index (χ1) is 13.3. The van der Waals surface area contributed by atoms with Crippen molar-refractivity contribution < 1.29 is 13.2 Å². The van der Waals surface area contributed by atoms with Crippen LogP contribution in [0.2, 0.25) is 0 Å². The first-order valence-corrected chi connectivity index (χ1v) is 9.29. The molecule has 0 aliphatic heterocycles. The maximum absolute atomic E-state index is 13.5. The molecule has 28 heavy (non-hydrogen) atoms. The summed E-state index contributed by atoms with van der Waals surface area (Å²) in [5.41, 5.74) is 1.08. The molecule has 0 spiro atoms. The number of rotatable bonds is 4. The van der Waals surface area contributed by atoms with Gasteiger partial charge in [-0.1, -0.05) is 42.5 Å². The van der Waals surface area contributed by atoms with Gasteiger partial charge in [-0.05, 0) is 47.9 Å². The lowest BCUT2D eigenvalue weighted by atomic mass is 9.96. The molecule has 1 fully saturated rings. The van der Waals surface area contributed by atoms with Crippen LogP contribution in [0.15, 0.2) is 65.7 Å². The Labute approximate surface area is 161 Å². The van der Waals surface area contributed by atoms with E-state index in [1.165, 1.54) is 37.2 Å². The van der Waals surface area contributed by atoms with Gasteiger partial charge >= 0.3 is 6.18 Å². The predicted molar refractivity (Wildman–Crippen MR) is 104 cm³/mol. The molecule has 0 unspecified atom stereocenters. The number of aryl methyl sites for hydroxylation is 1. The molecule has 1 saturated carbocycles. The number of hydrogen-bond acceptors (Lipinski definition) is 1. The van der Waals surface area contributed by atoms with E-state index in [9.17, 15) is 18.0 Å². The standard InChI is InChI=1S/C23H20F3NO/c1-27-13-19(17-6-4-5-16(12-17)11-15-9-10-15)22(28)20(14-27)18-7-2-3-8-21(18)23(24,25)26/h2-8,12-15H,9-11H2,1H3. The lowest BCUT2D eigenvalue weighted by molar-refractivity contribution is -0.137. The van der Waals surface area contributed by atoms with Gasteiger partial charge in [-0.15, -0.1) is 0 Å². The van der Waals surface area contributed by atoms with E-state index in [0.717, 1.165) is 23.6 Å². The molecule has 2 aromatic carbocycles. The van der Waals surface area contributed by atoms with Gasteiger partial charge in [0.1, 0.15) is 0 Å². The second kappa shape index (κ2) is 6.97. The number of alkyl halides is 3. The molecule has 1 aliphatic carbocycles. The summed E-state index contributed by atoms with van der Waals surface area (Å²) in [5.74, 6) is 0.711. The predicted octanol–water partition coefficient (Wildman–Crippen LogP) is 5.69. The highest BCUT2D eigenvalue weighted by atomic mass is 19.4. The average Bonchev–Trinajstić information content (AvgIpc) is 3.47. The highest BCUT2D eigenvalue weighted by molar-refractivity contribution is 5.74. The lowest BCUT2D eigenvalue weighted by Crippen LogP contribution is -2.15. The van der Waals surface area contributed by atoms with Crippen molar-refractivity contribution in [3.8, 4) is 22.3 Å². The van der Waals surface area contributed by atoms with Crippen molar-refractivity contribution in [2.24, 2.45) is 13.0 Å². The molecule has 0 saturated heterocycles. The molecule has 4 rings (SSSR count). The number of hydrogen-bond donors (Lipinski definition) is 0. The summed E-state index contributed by atoms with van der Waals surface area (Å²) in [6, 6.07) is 13.0. The molecule has 5 heteroatoms. The van der Waals surface area contributed by atoms with Crippen LogP contribution < -0.4 is 5.43 Å².